The summed E-state index contributed by atoms with van der Waals surface area (Å²) in [4.78, 5) is 22.7. The second kappa shape index (κ2) is 13.6. The molecule has 0 aliphatic carbocycles. The van der Waals surface area contributed by atoms with E-state index in [9.17, 15) is 9.18 Å². The first-order valence-corrected chi connectivity index (χ1v) is 15.2. The number of nitrogens with zero attached hydrogens (tertiary/aromatic N) is 3. The Hall–Kier alpha value is -3.87. The number of piperazine rings is 1. The standard InChI is InChI=1S/C35H34Cl2FN3O2/c1-4-23(2)34(25-6-5-7-31(18-25)43-32-21-27(36)20-28(37)22-32)39-33-19-26(9-8-24(33)3)35(42)41-16-14-40(15-17-41)30-12-10-29(38)11-13-30/h5-13,18-23H,4,14-17H2,1-3H3. The van der Waals surface area contributed by atoms with Gasteiger partial charge in [-0.3, -0.25) is 9.79 Å². The zero-order valence-corrected chi connectivity index (χ0v) is 26.0. The SMILES string of the molecule is CCC(C)C(=Nc1cc(C(=O)N2CCN(c3ccc(F)cc3)CC2)ccc1C)c1cccc(Oc2cc(Cl)cc(Cl)c2)c1. The lowest BCUT2D eigenvalue weighted by Gasteiger charge is -2.36. The fourth-order valence-electron chi connectivity index (χ4n) is 5.09. The lowest BCUT2D eigenvalue weighted by molar-refractivity contribution is 0.0747. The summed E-state index contributed by atoms with van der Waals surface area (Å²) < 4.78 is 19.4. The second-order valence-corrected chi connectivity index (χ2v) is 11.7. The molecule has 1 unspecified atom stereocenters. The van der Waals surface area contributed by atoms with Crippen molar-refractivity contribution in [3.63, 3.8) is 0 Å². The van der Waals surface area contributed by atoms with Crippen LogP contribution in [0.4, 0.5) is 15.8 Å². The fourth-order valence-corrected chi connectivity index (χ4v) is 5.60. The van der Waals surface area contributed by atoms with Gasteiger partial charge in [-0.25, -0.2) is 4.39 Å². The molecule has 0 N–H and O–H groups in total. The number of benzene rings is 4. The summed E-state index contributed by atoms with van der Waals surface area (Å²) in [5, 5.41) is 1.00. The van der Waals surface area contributed by atoms with Crippen LogP contribution in [0.1, 0.15) is 41.8 Å². The first kappa shape index (κ1) is 30.6. The number of ether oxygens (including phenoxy) is 1. The van der Waals surface area contributed by atoms with E-state index in [1.165, 1.54) is 12.1 Å². The van der Waals surface area contributed by atoms with Crippen LogP contribution in [0.3, 0.4) is 0 Å². The smallest absolute Gasteiger partial charge is 0.254 e. The number of halogens is 3. The average molecular weight is 619 g/mol. The van der Waals surface area contributed by atoms with E-state index in [1.54, 1.807) is 30.3 Å². The van der Waals surface area contributed by atoms with Gasteiger partial charge in [0.25, 0.3) is 5.91 Å². The third kappa shape index (κ3) is 7.56. The molecule has 1 heterocycles. The third-order valence-electron chi connectivity index (χ3n) is 7.74. The Bertz CT molecular complexity index is 1610. The van der Waals surface area contributed by atoms with Crippen molar-refractivity contribution in [2.45, 2.75) is 27.2 Å². The molecule has 1 amide bonds. The highest BCUT2D eigenvalue weighted by Crippen LogP contribution is 2.31. The molecule has 5 rings (SSSR count). The Morgan fingerprint density at radius 2 is 1.58 bits per heavy atom. The van der Waals surface area contributed by atoms with Crippen LogP contribution in [-0.4, -0.2) is 42.7 Å². The van der Waals surface area contributed by atoms with Gasteiger partial charge in [0, 0.05) is 47.5 Å². The number of hydrogen-bond acceptors (Lipinski definition) is 4. The molecule has 4 aromatic rings. The predicted molar refractivity (Wildman–Crippen MR) is 174 cm³/mol. The molecular weight excluding hydrogens is 584 g/mol. The molecule has 1 fully saturated rings. The van der Waals surface area contributed by atoms with Gasteiger partial charge in [0.15, 0.2) is 0 Å². The van der Waals surface area contributed by atoms with Gasteiger partial charge in [-0.15, -0.1) is 0 Å². The third-order valence-corrected chi connectivity index (χ3v) is 8.17. The summed E-state index contributed by atoms with van der Waals surface area (Å²) in [6.45, 7) is 8.83. The van der Waals surface area contributed by atoms with E-state index in [2.05, 4.69) is 18.7 Å². The maximum Gasteiger partial charge on any atom is 0.254 e. The normalized spacial score (nSPS) is 14.5. The Balaban J connectivity index is 1.37. The van der Waals surface area contributed by atoms with E-state index in [0.717, 1.165) is 34.6 Å². The highest BCUT2D eigenvalue weighted by Gasteiger charge is 2.23. The van der Waals surface area contributed by atoms with Crippen molar-refractivity contribution in [1.82, 2.24) is 4.90 Å². The van der Waals surface area contributed by atoms with Crippen LogP contribution >= 0.6 is 23.2 Å². The van der Waals surface area contributed by atoms with Gasteiger partial charge < -0.3 is 14.5 Å². The van der Waals surface area contributed by atoms with E-state index in [-0.39, 0.29) is 17.6 Å². The molecule has 1 aliphatic heterocycles. The number of aliphatic imine (C=N–C) groups is 1. The molecule has 0 spiro atoms. The van der Waals surface area contributed by atoms with Crippen molar-refractivity contribution < 1.29 is 13.9 Å². The summed E-state index contributed by atoms with van der Waals surface area (Å²) in [7, 11) is 0. The number of anilines is 1. The Kier molecular flexibility index (Phi) is 9.69. The molecule has 8 heteroatoms. The summed E-state index contributed by atoms with van der Waals surface area (Å²) in [5.74, 6) is 1.09. The Morgan fingerprint density at radius 3 is 2.26 bits per heavy atom. The van der Waals surface area contributed by atoms with Gasteiger partial charge in [-0.1, -0.05) is 55.2 Å². The van der Waals surface area contributed by atoms with Crippen molar-refractivity contribution in [3.8, 4) is 11.5 Å². The van der Waals surface area contributed by atoms with Crippen LogP contribution in [-0.2, 0) is 0 Å². The molecule has 0 saturated carbocycles. The highest BCUT2D eigenvalue weighted by atomic mass is 35.5. The van der Waals surface area contributed by atoms with Crippen LogP contribution in [0.2, 0.25) is 10.0 Å². The van der Waals surface area contributed by atoms with Crippen molar-refractivity contribution in [2.75, 3.05) is 31.1 Å². The predicted octanol–water partition coefficient (Wildman–Crippen LogP) is 9.36. The van der Waals surface area contributed by atoms with E-state index in [4.69, 9.17) is 32.9 Å². The number of rotatable bonds is 8. The molecular formula is C35H34Cl2FN3O2. The molecule has 1 saturated heterocycles. The second-order valence-electron chi connectivity index (χ2n) is 10.8. The van der Waals surface area contributed by atoms with Gasteiger partial charge in [0.1, 0.15) is 17.3 Å². The number of carbonyl (C=O) groups is 1. The monoisotopic (exact) mass is 617 g/mol. The zero-order chi connectivity index (χ0) is 30.5. The summed E-state index contributed by atoms with van der Waals surface area (Å²) >= 11 is 12.3. The van der Waals surface area contributed by atoms with E-state index in [1.807, 2.05) is 54.3 Å². The molecule has 0 radical (unpaired) electrons. The molecule has 43 heavy (non-hydrogen) atoms. The van der Waals surface area contributed by atoms with Gasteiger partial charge in [-0.05, 0) is 97.1 Å². The highest BCUT2D eigenvalue weighted by molar-refractivity contribution is 6.34. The van der Waals surface area contributed by atoms with Crippen molar-refractivity contribution >= 4 is 46.2 Å². The van der Waals surface area contributed by atoms with Crippen LogP contribution in [0.5, 0.6) is 11.5 Å². The maximum absolute atomic E-state index is 13.5. The Morgan fingerprint density at radius 1 is 0.884 bits per heavy atom. The lowest BCUT2D eigenvalue weighted by atomic mass is 9.95. The molecule has 1 aliphatic rings. The van der Waals surface area contributed by atoms with Gasteiger partial charge in [-0.2, -0.15) is 0 Å². The van der Waals surface area contributed by atoms with Crippen molar-refractivity contribution in [2.24, 2.45) is 10.9 Å². The van der Waals surface area contributed by atoms with Gasteiger partial charge >= 0.3 is 0 Å². The quantitative estimate of drug-likeness (QED) is 0.185. The summed E-state index contributed by atoms with van der Waals surface area (Å²) in [5.41, 5.74) is 5.17. The molecule has 0 aromatic heterocycles. The summed E-state index contributed by atoms with van der Waals surface area (Å²) in [6.07, 6.45) is 0.893. The molecule has 0 bridgehead atoms. The maximum atomic E-state index is 13.5. The van der Waals surface area contributed by atoms with E-state index in [0.29, 0.717) is 53.3 Å². The fraction of sp³-hybridized carbons (Fsp3) is 0.257. The Labute approximate surface area is 262 Å². The van der Waals surface area contributed by atoms with Gasteiger partial charge in [0.2, 0.25) is 0 Å². The van der Waals surface area contributed by atoms with Crippen LogP contribution in [0.25, 0.3) is 0 Å². The van der Waals surface area contributed by atoms with E-state index < -0.39 is 0 Å². The minimum absolute atomic E-state index is 0.0177. The molecule has 5 nitrogen and oxygen atoms in total. The first-order valence-electron chi connectivity index (χ1n) is 14.4. The number of hydrogen-bond donors (Lipinski definition) is 0. The minimum Gasteiger partial charge on any atom is -0.457 e. The lowest BCUT2D eigenvalue weighted by Crippen LogP contribution is -2.48. The largest absolute Gasteiger partial charge is 0.457 e. The van der Waals surface area contributed by atoms with Crippen molar-refractivity contribution in [3.05, 3.63) is 117 Å². The topological polar surface area (TPSA) is 45.1 Å². The van der Waals surface area contributed by atoms with Crippen molar-refractivity contribution in [1.29, 1.82) is 0 Å². The minimum atomic E-state index is -0.254. The number of aryl methyl sites for hydroxylation is 1. The van der Waals surface area contributed by atoms with Crippen LogP contribution in [0, 0.1) is 18.7 Å². The molecule has 4 aromatic carbocycles. The number of carbonyl (C=O) groups excluding carboxylic acids is 1. The molecule has 222 valence electrons. The van der Waals surface area contributed by atoms with Crippen LogP contribution in [0.15, 0.2) is 89.9 Å². The summed E-state index contributed by atoms with van der Waals surface area (Å²) in [6, 6.07) is 25.1. The zero-order valence-electron chi connectivity index (χ0n) is 24.5. The van der Waals surface area contributed by atoms with Gasteiger partial charge in [0.05, 0.1) is 11.4 Å². The number of amides is 1. The van der Waals surface area contributed by atoms with E-state index >= 15 is 0 Å². The molecule has 1 atom stereocenters. The first-order chi connectivity index (χ1) is 20.7. The van der Waals surface area contributed by atoms with Crippen LogP contribution < -0.4 is 9.64 Å². The average Bonchev–Trinajstić information content (AvgIpc) is 3.00.